The van der Waals surface area contributed by atoms with E-state index in [9.17, 15) is 27.6 Å². The van der Waals surface area contributed by atoms with Crippen LogP contribution in [0.4, 0.5) is 24.5 Å². The van der Waals surface area contributed by atoms with Gasteiger partial charge in [-0.1, -0.05) is 6.07 Å². The van der Waals surface area contributed by atoms with Gasteiger partial charge in [0.15, 0.2) is 17.5 Å². The smallest absolute Gasteiger partial charge is 0.253 e. The molecule has 154 valence electrons. The minimum atomic E-state index is -1.70. The fraction of sp³-hybridized carbons (Fsp3) is 0.211. The van der Waals surface area contributed by atoms with Crippen molar-refractivity contribution in [2.24, 2.45) is 0 Å². The van der Waals surface area contributed by atoms with Crippen molar-refractivity contribution in [1.82, 2.24) is 10.2 Å². The number of carbonyl (C=O) groups is 3. The standard InChI is InChI=1S/C19H19F3N4O3/c1-26(2)19(29)11-4-3-5-12(8-11)23-9-15(27)24-10-16(28)25-14-7-6-13(20)17(21)18(14)22/h3-8,23H,9-10H2,1-2H3,(H,24,27)(H,25,28). The second-order valence-electron chi connectivity index (χ2n) is 6.18. The van der Waals surface area contributed by atoms with Gasteiger partial charge in [-0.3, -0.25) is 14.4 Å². The largest absolute Gasteiger partial charge is 0.376 e. The molecular formula is C19H19F3N4O3. The monoisotopic (exact) mass is 408 g/mol. The van der Waals surface area contributed by atoms with Crippen molar-refractivity contribution in [3.63, 3.8) is 0 Å². The van der Waals surface area contributed by atoms with Gasteiger partial charge in [0.2, 0.25) is 11.8 Å². The Bertz CT molecular complexity index is 935. The van der Waals surface area contributed by atoms with Crippen molar-refractivity contribution < 1.29 is 27.6 Å². The molecule has 0 aliphatic carbocycles. The van der Waals surface area contributed by atoms with E-state index in [-0.39, 0.29) is 12.5 Å². The molecule has 2 aromatic carbocycles. The van der Waals surface area contributed by atoms with Crippen molar-refractivity contribution in [2.45, 2.75) is 0 Å². The van der Waals surface area contributed by atoms with Gasteiger partial charge in [0.05, 0.1) is 18.8 Å². The van der Waals surface area contributed by atoms with Crippen LogP contribution in [0.5, 0.6) is 0 Å². The summed E-state index contributed by atoms with van der Waals surface area (Å²) < 4.78 is 39.5. The number of nitrogens with one attached hydrogen (secondary N) is 3. The molecule has 0 fully saturated rings. The van der Waals surface area contributed by atoms with Gasteiger partial charge in [-0.05, 0) is 30.3 Å². The third kappa shape index (κ3) is 5.96. The Balaban J connectivity index is 1.83. The average molecular weight is 408 g/mol. The predicted molar refractivity (Wildman–Crippen MR) is 101 cm³/mol. The summed E-state index contributed by atoms with van der Waals surface area (Å²) in [7, 11) is 3.24. The molecule has 3 N–H and O–H groups in total. The lowest BCUT2D eigenvalue weighted by Crippen LogP contribution is -2.36. The SMILES string of the molecule is CN(C)C(=O)c1cccc(NCC(=O)NCC(=O)Nc2ccc(F)c(F)c2F)c1. The van der Waals surface area contributed by atoms with E-state index in [1.807, 2.05) is 5.32 Å². The van der Waals surface area contributed by atoms with E-state index in [1.54, 1.807) is 38.4 Å². The lowest BCUT2D eigenvalue weighted by molar-refractivity contribution is -0.122. The fourth-order valence-electron chi connectivity index (χ4n) is 2.26. The van der Waals surface area contributed by atoms with Crippen molar-refractivity contribution in [3.05, 3.63) is 59.4 Å². The van der Waals surface area contributed by atoms with Gasteiger partial charge < -0.3 is 20.9 Å². The van der Waals surface area contributed by atoms with E-state index in [0.29, 0.717) is 17.3 Å². The zero-order chi connectivity index (χ0) is 21.6. The van der Waals surface area contributed by atoms with Crippen molar-refractivity contribution in [2.75, 3.05) is 37.8 Å². The molecule has 0 saturated heterocycles. The summed E-state index contributed by atoms with van der Waals surface area (Å²) >= 11 is 0. The molecule has 7 nitrogen and oxygen atoms in total. The van der Waals surface area contributed by atoms with Gasteiger partial charge in [-0.15, -0.1) is 0 Å². The summed E-state index contributed by atoms with van der Waals surface area (Å²) in [5.41, 5.74) is 0.429. The van der Waals surface area contributed by atoms with Gasteiger partial charge >= 0.3 is 0 Å². The normalized spacial score (nSPS) is 10.2. The molecule has 0 aliphatic rings. The van der Waals surface area contributed by atoms with Crippen LogP contribution in [0.25, 0.3) is 0 Å². The molecule has 3 amide bonds. The summed E-state index contributed by atoms with van der Waals surface area (Å²) in [6.45, 7) is -0.690. The van der Waals surface area contributed by atoms with Crippen LogP contribution in [-0.2, 0) is 9.59 Å². The summed E-state index contributed by atoms with van der Waals surface area (Å²) in [6.07, 6.45) is 0. The molecule has 0 saturated carbocycles. The lowest BCUT2D eigenvalue weighted by atomic mass is 10.2. The molecular weight excluding hydrogens is 389 g/mol. The van der Waals surface area contributed by atoms with Gasteiger partial charge in [-0.2, -0.15) is 0 Å². The van der Waals surface area contributed by atoms with Gasteiger partial charge in [0, 0.05) is 25.3 Å². The Kier molecular flexibility index (Phi) is 7.18. The fourth-order valence-corrected chi connectivity index (χ4v) is 2.26. The molecule has 0 bridgehead atoms. The summed E-state index contributed by atoms with van der Waals surface area (Å²) in [5, 5.41) is 7.14. The second-order valence-corrected chi connectivity index (χ2v) is 6.18. The molecule has 2 rings (SSSR count). The number of rotatable bonds is 7. The van der Waals surface area contributed by atoms with E-state index < -0.39 is 41.5 Å². The molecule has 0 spiro atoms. The van der Waals surface area contributed by atoms with Crippen LogP contribution in [0.3, 0.4) is 0 Å². The maximum absolute atomic E-state index is 13.5. The van der Waals surface area contributed by atoms with Crippen LogP contribution >= 0.6 is 0 Å². The Morgan fingerprint density at radius 3 is 2.34 bits per heavy atom. The maximum atomic E-state index is 13.5. The van der Waals surface area contributed by atoms with Crippen LogP contribution in [0.1, 0.15) is 10.4 Å². The highest BCUT2D eigenvalue weighted by Crippen LogP contribution is 2.19. The third-order valence-corrected chi connectivity index (χ3v) is 3.72. The Hall–Kier alpha value is -3.56. The maximum Gasteiger partial charge on any atom is 0.253 e. The topological polar surface area (TPSA) is 90.5 Å². The van der Waals surface area contributed by atoms with E-state index in [1.165, 1.54) is 4.90 Å². The van der Waals surface area contributed by atoms with Gasteiger partial charge in [0.25, 0.3) is 5.91 Å². The van der Waals surface area contributed by atoms with E-state index in [0.717, 1.165) is 6.07 Å². The zero-order valence-corrected chi connectivity index (χ0v) is 15.7. The molecule has 0 heterocycles. The van der Waals surface area contributed by atoms with E-state index in [4.69, 9.17) is 0 Å². The number of carbonyl (C=O) groups excluding carboxylic acids is 3. The molecule has 10 heteroatoms. The predicted octanol–water partition coefficient (Wildman–Crippen LogP) is 1.97. The number of halogens is 3. The van der Waals surface area contributed by atoms with Crippen LogP contribution in [0.15, 0.2) is 36.4 Å². The molecule has 0 atom stereocenters. The van der Waals surface area contributed by atoms with Gasteiger partial charge in [0.1, 0.15) is 0 Å². The van der Waals surface area contributed by atoms with Crippen molar-refractivity contribution >= 4 is 29.1 Å². The van der Waals surface area contributed by atoms with Crippen molar-refractivity contribution in [3.8, 4) is 0 Å². The number of hydrogen-bond donors (Lipinski definition) is 3. The first-order valence-electron chi connectivity index (χ1n) is 8.44. The highest BCUT2D eigenvalue weighted by Gasteiger charge is 2.15. The molecule has 29 heavy (non-hydrogen) atoms. The Morgan fingerprint density at radius 2 is 1.66 bits per heavy atom. The highest BCUT2D eigenvalue weighted by molar-refractivity contribution is 5.96. The van der Waals surface area contributed by atoms with Crippen molar-refractivity contribution in [1.29, 1.82) is 0 Å². The second kappa shape index (κ2) is 9.58. The lowest BCUT2D eigenvalue weighted by Gasteiger charge is -2.12. The Labute approximate surface area is 164 Å². The quantitative estimate of drug-likeness (QED) is 0.611. The highest BCUT2D eigenvalue weighted by atomic mass is 19.2. The first-order chi connectivity index (χ1) is 13.7. The Morgan fingerprint density at radius 1 is 0.931 bits per heavy atom. The molecule has 0 unspecified atom stereocenters. The summed E-state index contributed by atoms with van der Waals surface area (Å²) in [5.74, 6) is -6.17. The summed E-state index contributed by atoms with van der Waals surface area (Å²) in [4.78, 5) is 37.0. The first kappa shape index (κ1) is 21.7. The van der Waals surface area contributed by atoms with E-state index >= 15 is 0 Å². The molecule has 0 aromatic heterocycles. The number of nitrogens with zero attached hydrogens (tertiary/aromatic N) is 1. The molecule has 0 aliphatic heterocycles. The number of amides is 3. The van der Waals surface area contributed by atoms with Crippen LogP contribution in [-0.4, -0.2) is 49.8 Å². The van der Waals surface area contributed by atoms with E-state index in [2.05, 4.69) is 10.6 Å². The van der Waals surface area contributed by atoms with Crippen LogP contribution in [0, 0.1) is 17.5 Å². The summed E-state index contributed by atoms with van der Waals surface area (Å²) in [6, 6.07) is 8.07. The zero-order valence-electron chi connectivity index (χ0n) is 15.7. The number of benzene rings is 2. The third-order valence-electron chi connectivity index (χ3n) is 3.72. The first-order valence-corrected chi connectivity index (χ1v) is 8.44. The molecule has 0 radical (unpaired) electrons. The number of anilines is 2. The average Bonchev–Trinajstić information content (AvgIpc) is 2.70. The van der Waals surface area contributed by atoms with Gasteiger partial charge in [-0.25, -0.2) is 13.2 Å². The minimum Gasteiger partial charge on any atom is -0.376 e. The minimum absolute atomic E-state index is 0.188. The van der Waals surface area contributed by atoms with Crippen LogP contribution in [0.2, 0.25) is 0 Å². The van der Waals surface area contributed by atoms with Crippen LogP contribution < -0.4 is 16.0 Å². The number of hydrogen-bond acceptors (Lipinski definition) is 4. The molecule has 2 aromatic rings.